The number of carbonyl (C=O) groups excluding carboxylic acids is 1. The molecule has 4 nitrogen and oxygen atoms in total. The normalized spacial score (nSPS) is 31.8. The minimum Gasteiger partial charge on any atom is -0.492 e. The van der Waals surface area contributed by atoms with Crippen LogP contribution in [0.4, 0.5) is 4.39 Å². The number of rotatable bonds is 10. The van der Waals surface area contributed by atoms with Gasteiger partial charge in [0.05, 0.1) is 13.2 Å². The van der Waals surface area contributed by atoms with E-state index in [1.807, 2.05) is 12.2 Å². The monoisotopic (exact) mass is 410 g/mol. The number of aliphatic hydroxyl groups is 1. The molecule has 0 radical (unpaired) electrons. The van der Waals surface area contributed by atoms with Crippen molar-refractivity contribution in [3.8, 4) is 0 Å². The molecule has 0 aromatic heterocycles. The number of hydrogen-bond acceptors (Lipinski definition) is 4. The predicted octanol–water partition coefficient (Wildman–Crippen LogP) is 5.36. The average molecular weight is 411 g/mol. The number of unbranched alkanes of at least 4 members (excludes halogenated alkanes) is 2. The molecule has 5 heteroatoms. The summed E-state index contributed by atoms with van der Waals surface area (Å²) in [6.45, 7) is 8.47. The summed E-state index contributed by atoms with van der Waals surface area (Å²) in [5, 5.41) is 10.7. The van der Waals surface area contributed by atoms with E-state index in [1.54, 1.807) is 6.08 Å². The molecule has 2 rings (SSSR count). The first-order chi connectivity index (χ1) is 13.7. The summed E-state index contributed by atoms with van der Waals surface area (Å²) in [4.78, 5) is 11.2. The number of ether oxygens (including phenoxy) is 2. The molecule has 1 heterocycles. The molecule has 1 aliphatic heterocycles. The van der Waals surface area contributed by atoms with Gasteiger partial charge in [0, 0.05) is 12.3 Å². The van der Waals surface area contributed by atoms with E-state index in [1.165, 1.54) is 7.11 Å². The number of allylic oxidation sites excluding steroid dienone is 3. The lowest BCUT2D eigenvalue weighted by Crippen LogP contribution is -2.28. The fourth-order valence-corrected chi connectivity index (χ4v) is 4.59. The van der Waals surface area contributed by atoms with Gasteiger partial charge in [-0.05, 0) is 49.0 Å². The molecule has 0 amide bonds. The Morgan fingerprint density at radius 1 is 1.41 bits per heavy atom. The molecule has 0 bridgehead atoms. The molecule has 1 saturated carbocycles. The van der Waals surface area contributed by atoms with Gasteiger partial charge < -0.3 is 14.6 Å². The van der Waals surface area contributed by atoms with Crippen molar-refractivity contribution in [1.29, 1.82) is 0 Å². The first kappa shape index (κ1) is 23.9. The molecule has 1 unspecified atom stereocenters. The Hall–Kier alpha value is -1.36. The smallest absolute Gasteiger partial charge is 0.305 e. The lowest BCUT2D eigenvalue weighted by atomic mass is 9.80. The van der Waals surface area contributed by atoms with Crippen LogP contribution in [-0.4, -0.2) is 36.6 Å². The Morgan fingerprint density at radius 2 is 2.14 bits per heavy atom. The Balaban J connectivity index is 1.98. The van der Waals surface area contributed by atoms with Crippen LogP contribution >= 0.6 is 0 Å². The molecule has 1 N–H and O–H groups in total. The van der Waals surface area contributed by atoms with Crippen molar-refractivity contribution in [3.63, 3.8) is 0 Å². The highest BCUT2D eigenvalue weighted by molar-refractivity contribution is 5.69. The summed E-state index contributed by atoms with van der Waals surface area (Å²) in [5.74, 6) is 0.362. The minimum absolute atomic E-state index is 0.0626. The van der Waals surface area contributed by atoms with Gasteiger partial charge >= 0.3 is 5.97 Å². The largest absolute Gasteiger partial charge is 0.492 e. The van der Waals surface area contributed by atoms with E-state index in [-0.39, 0.29) is 29.3 Å². The van der Waals surface area contributed by atoms with Crippen LogP contribution in [0.5, 0.6) is 0 Å². The first-order valence-electron chi connectivity index (χ1n) is 11.1. The highest BCUT2D eigenvalue weighted by Crippen LogP contribution is 2.50. The van der Waals surface area contributed by atoms with Gasteiger partial charge in [0.2, 0.25) is 0 Å². The fourth-order valence-electron chi connectivity index (χ4n) is 4.59. The second kappa shape index (κ2) is 10.6. The average Bonchev–Trinajstić information content (AvgIpc) is 3.16. The van der Waals surface area contributed by atoms with Gasteiger partial charge in [-0.3, -0.25) is 4.79 Å². The SMILES string of the molecule is CCCCC(C)(C)[C@H](O)/C=C/[C@@H]1[C@H]2C(F)/C(=C/CCCC(=O)OC)O[C@H]2C[C@H]1C. The van der Waals surface area contributed by atoms with Gasteiger partial charge in [-0.25, -0.2) is 4.39 Å². The van der Waals surface area contributed by atoms with Crippen LogP contribution < -0.4 is 0 Å². The fraction of sp³-hybridized carbons (Fsp3) is 0.792. The zero-order valence-corrected chi connectivity index (χ0v) is 18.7. The van der Waals surface area contributed by atoms with E-state index >= 15 is 4.39 Å². The zero-order chi connectivity index (χ0) is 21.6. The number of esters is 1. The number of alkyl halides is 1. The third-order valence-corrected chi connectivity index (χ3v) is 6.68. The van der Waals surface area contributed by atoms with Crippen molar-refractivity contribution in [1.82, 2.24) is 0 Å². The Labute approximate surface area is 175 Å². The number of methoxy groups -OCH3 is 1. The summed E-state index contributed by atoms with van der Waals surface area (Å²) < 4.78 is 25.7. The van der Waals surface area contributed by atoms with Crippen LogP contribution in [0.3, 0.4) is 0 Å². The Bertz CT molecular complexity index is 598. The maximum absolute atomic E-state index is 15.2. The second-order valence-corrected chi connectivity index (χ2v) is 9.42. The molecule has 29 heavy (non-hydrogen) atoms. The van der Waals surface area contributed by atoms with E-state index in [9.17, 15) is 9.90 Å². The van der Waals surface area contributed by atoms with Crippen LogP contribution in [0, 0.1) is 23.2 Å². The predicted molar refractivity (Wildman–Crippen MR) is 113 cm³/mol. The van der Waals surface area contributed by atoms with Gasteiger partial charge in [-0.2, -0.15) is 0 Å². The van der Waals surface area contributed by atoms with Crippen molar-refractivity contribution in [2.45, 2.75) is 91.0 Å². The molecule has 6 atom stereocenters. The zero-order valence-electron chi connectivity index (χ0n) is 18.7. The summed E-state index contributed by atoms with van der Waals surface area (Å²) in [6.07, 6.45) is 9.50. The van der Waals surface area contributed by atoms with Gasteiger partial charge in [0.1, 0.15) is 11.9 Å². The quantitative estimate of drug-likeness (QED) is 0.299. The summed E-state index contributed by atoms with van der Waals surface area (Å²) in [7, 11) is 1.37. The van der Waals surface area contributed by atoms with Crippen molar-refractivity contribution in [2.24, 2.45) is 23.2 Å². The third-order valence-electron chi connectivity index (χ3n) is 6.68. The summed E-state index contributed by atoms with van der Waals surface area (Å²) in [6, 6.07) is 0. The summed E-state index contributed by atoms with van der Waals surface area (Å²) >= 11 is 0. The van der Waals surface area contributed by atoms with E-state index in [2.05, 4.69) is 32.4 Å². The van der Waals surface area contributed by atoms with Crippen molar-refractivity contribution in [3.05, 3.63) is 24.0 Å². The number of aliphatic hydroxyl groups excluding tert-OH is 1. The van der Waals surface area contributed by atoms with Crippen LogP contribution in [0.2, 0.25) is 0 Å². The number of carbonyl (C=O) groups is 1. The maximum Gasteiger partial charge on any atom is 0.305 e. The van der Waals surface area contributed by atoms with Crippen LogP contribution in [0.25, 0.3) is 0 Å². The third kappa shape index (κ3) is 6.07. The van der Waals surface area contributed by atoms with Crippen molar-refractivity contribution >= 4 is 5.97 Å². The standard InChI is InChI=1S/C24H39FO4/c1-6-7-14-24(3,4)20(26)13-12-17-16(2)15-19-22(17)23(25)18(29-19)10-8-9-11-21(27)28-5/h10,12-13,16-17,19-20,22-23,26H,6-9,11,14-15H2,1-5H3/b13-12+,18-10-/t16-,17+,19+,20-,22-,23?/m1/s1. The molecular formula is C24H39FO4. The lowest BCUT2D eigenvalue weighted by molar-refractivity contribution is -0.140. The molecule has 0 aromatic rings. The lowest BCUT2D eigenvalue weighted by Gasteiger charge is -2.29. The van der Waals surface area contributed by atoms with Gasteiger partial charge in [-0.15, -0.1) is 0 Å². The molecule has 1 aliphatic carbocycles. The van der Waals surface area contributed by atoms with Crippen molar-refractivity contribution < 1.29 is 23.8 Å². The van der Waals surface area contributed by atoms with Gasteiger partial charge in [-0.1, -0.05) is 52.7 Å². The van der Waals surface area contributed by atoms with Gasteiger partial charge in [0.25, 0.3) is 0 Å². The van der Waals surface area contributed by atoms with E-state index in [0.717, 1.165) is 25.7 Å². The van der Waals surface area contributed by atoms with E-state index in [0.29, 0.717) is 30.9 Å². The molecule has 0 spiro atoms. The van der Waals surface area contributed by atoms with E-state index < -0.39 is 12.3 Å². The molecule has 166 valence electrons. The van der Waals surface area contributed by atoms with E-state index in [4.69, 9.17) is 4.74 Å². The maximum atomic E-state index is 15.2. The number of halogens is 1. The number of fused-ring (bicyclic) bond motifs is 1. The van der Waals surface area contributed by atoms with Crippen LogP contribution in [-0.2, 0) is 14.3 Å². The van der Waals surface area contributed by atoms with Gasteiger partial charge in [0.15, 0.2) is 6.17 Å². The number of hydrogen-bond donors (Lipinski definition) is 1. The van der Waals surface area contributed by atoms with Crippen LogP contribution in [0.15, 0.2) is 24.0 Å². The summed E-state index contributed by atoms with van der Waals surface area (Å²) in [5.41, 5.74) is -0.181. The molecular weight excluding hydrogens is 371 g/mol. The van der Waals surface area contributed by atoms with Crippen molar-refractivity contribution in [2.75, 3.05) is 7.11 Å². The molecule has 2 fully saturated rings. The topological polar surface area (TPSA) is 55.8 Å². The van der Waals surface area contributed by atoms with Crippen LogP contribution in [0.1, 0.15) is 72.6 Å². The molecule has 2 aliphatic rings. The molecule has 1 saturated heterocycles. The highest BCUT2D eigenvalue weighted by Gasteiger charge is 2.52. The molecule has 0 aromatic carbocycles. The Kier molecular flexibility index (Phi) is 8.74. The minimum atomic E-state index is -1.12. The first-order valence-corrected chi connectivity index (χ1v) is 11.1. The second-order valence-electron chi connectivity index (χ2n) is 9.42. The highest BCUT2D eigenvalue weighted by atomic mass is 19.1. The Morgan fingerprint density at radius 3 is 2.79 bits per heavy atom.